The Morgan fingerprint density at radius 1 is 1.16 bits per heavy atom. The zero-order valence-electron chi connectivity index (χ0n) is 11.0. The van der Waals surface area contributed by atoms with Crippen LogP contribution in [-0.4, -0.2) is 15.3 Å². The lowest BCUT2D eigenvalue weighted by molar-refractivity contribution is 0.0977. The highest BCUT2D eigenvalue weighted by atomic mass is 16.1. The van der Waals surface area contributed by atoms with Crippen LogP contribution in [0.4, 0.5) is 0 Å². The summed E-state index contributed by atoms with van der Waals surface area (Å²) in [6.45, 7) is 0.746. The molecule has 1 heterocycles. The van der Waals surface area contributed by atoms with Gasteiger partial charge in [0.05, 0.1) is 12.0 Å². The third-order valence-electron chi connectivity index (χ3n) is 3.79. The molecule has 1 aliphatic carbocycles. The lowest BCUT2D eigenvalue weighted by atomic mass is 10.0. The summed E-state index contributed by atoms with van der Waals surface area (Å²) >= 11 is 0. The fraction of sp³-hybridized carbons (Fsp3) is 0.375. The number of hydrogen-bond donors (Lipinski definition) is 0. The molecule has 0 saturated carbocycles. The number of benzene rings is 1. The topological polar surface area (TPSA) is 34.9 Å². The van der Waals surface area contributed by atoms with E-state index in [2.05, 4.69) is 9.55 Å². The minimum Gasteiger partial charge on any atom is -0.334 e. The predicted molar refractivity (Wildman–Crippen MR) is 74.3 cm³/mol. The van der Waals surface area contributed by atoms with Crippen molar-refractivity contribution < 1.29 is 4.79 Å². The number of rotatable bonds is 4. The maximum atomic E-state index is 12.1. The number of imidazole rings is 1. The second kappa shape index (κ2) is 5.39. The van der Waals surface area contributed by atoms with Gasteiger partial charge in [-0.15, -0.1) is 0 Å². The Balaban J connectivity index is 1.67. The number of aryl methyl sites for hydroxylation is 2. The Labute approximate surface area is 113 Å². The lowest BCUT2D eigenvalue weighted by Crippen LogP contribution is -2.11. The van der Waals surface area contributed by atoms with Gasteiger partial charge in [-0.2, -0.15) is 0 Å². The first-order chi connectivity index (χ1) is 9.34. The number of nitrogens with zero attached hydrogens (tertiary/aromatic N) is 2. The van der Waals surface area contributed by atoms with Crippen molar-refractivity contribution in [3.05, 3.63) is 53.6 Å². The second-order valence-electron chi connectivity index (χ2n) is 5.08. The second-order valence-corrected chi connectivity index (χ2v) is 5.08. The summed E-state index contributed by atoms with van der Waals surface area (Å²) < 4.78 is 2.16. The van der Waals surface area contributed by atoms with E-state index in [1.54, 1.807) is 0 Å². The monoisotopic (exact) mass is 254 g/mol. The molecule has 0 amide bonds. The van der Waals surface area contributed by atoms with E-state index in [-0.39, 0.29) is 5.78 Å². The predicted octanol–water partition coefficient (Wildman–Crippen LogP) is 3.03. The molecule has 0 unspecified atom stereocenters. The Kier molecular flexibility index (Phi) is 3.45. The molecule has 98 valence electrons. The molecule has 1 aliphatic rings. The quantitative estimate of drug-likeness (QED) is 0.786. The molecule has 19 heavy (non-hydrogen) atoms. The van der Waals surface area contributed by atoms with E-state index < -0.39 is 0 Å². The number of carbonyl (C=O) groups excluding carboxylic acids is 1. The van der Waals surface area contributed by atoms with Gasteiger partial charge in [-0.3, -0.25) is 4.79 Å². The smallest absolute Gasteiger partial charge is 0.164 e. The SMILES string of the molecule is O=C(CCn1cnc2c1CCCC2)c1ccccc1. The van der Waals surface area contributed by atoms with Crippen molar-refractivity contribution in [1.82, 2.24) is 9.55 Å². The molecule has 0 spiro atoms. The first kappa shape index (κ1) is 12.2. The number of Topliss-reactive ketones (excluding diaryl/α,β-unsaturated/α-hetero) is 1. The molecule has 3 heteroatoms. The van der Waals surface area contributed by atoms with Gasteiger partial charge in [0.2, 0.25) is 0 Å². The summed E-state index contributed by atoms with van der Waals surface area (Å²) in [7, 11) is 0. The van der Waals surface area contributed by atoms with Crippen LogP contribution in [0.3, 0.4) is 0 Å². The summed E-state index contributed by atoms with van der Waals surface area (Å²) in [5, 5.41) is 0. The van der Waals surface area contributed by atoms with Crippen LogP contribution in [0.2, 0.25) is 0 Å². The van der Waals surface area contributed by atoms with Crippen LogP contribution < -0.4 is 0 Å². The van der Waals surface area contributed by atoms with Gasteiger partial charge >= 0.3 is 0 Å². The van der Waals surface area contributed by atoms with Gasteiger partial charge in [0.1, 0.15) is 0 Å². The van der Waals surface area contributed by atoms with E-state index in [1.807, 2.05) is 36.7 Å². The van der Waals surface area contributed by atoms with E-state index >= 15 is 0 Å². The van der Waals surface area contributed by atoms with Crippen LogP contribution >= 0.6 is 0 Å². The molecule has 1 aromatic heterocycles. The molecule has 0 aliphatic heterocycles. The van der Waals surface area contributed by atoms with E-state index in [0.29, 0.717) is 6.42 Å². The average molecular weight is 254 g/mol. The summed E-state index contributed by atoms with van der Waals surface area (Å²) in [4.78, 5) is 16.5. The third kappa shape index (κ3) is 2.60. The first-order valence-electron chi connectivity index (χ1n) is 6.96. The average Bonchev–Trinajstić information content (AvgIpc) is 2.89. The van der Waals surface area contributed by atoms with Gasteiger partial charge in [-0.05, 0) is 25.7 Å². The van der Waals surface area contributed by atoms with Gasteiger partial charge in [-0.25, -0.2) is 4.98 Å². The third-order valence-corrected chi connectivity index (χ3v) is 3.79. The Hall–Kier alpha value is -1.90. The zero-order chi connectivity index (χ0) is 13.1. The summed E-state index contributed by atoms with van der Waals surface area (Å²) in [5.74, 6) is 0.207. The molecule has 0 atom stereocenters. The molecule has 3 nitrogen and oxygen atoms in total. The van der Waals surface area contributed by atoms with Crippen molar-refractivity contribution in [1.29, 1.82) is 0 Å². The maximum Gasteiger partial charge on any atom is 0.164 e. The fourth-order valence-electron chi connectivity index (χ4n) is 2.71. The lowest BCUT2D eigenvalue weighted by Gasteiger charge is -2.13. The van der Waals surface area contributed by atoms with Crippen molar-refractivity contribution in [2.24, 2.45) is 0 Å². The minimum atomic E-state index is 0.207. The maximum absolute atomic E-state index is 12.1. The molecule has 2 aromatic rings. The molecule has 1 aromatic carbocycles. The highest BCUT2D eigenvalue weighted by Gasteiger charge is 2.15. The largest absolute Gasteiger partial charge is 0.334 e. The van der Waals surface area contributed by atoms with Gasteiger partial charge in [0, 0.05) is 24.2 Å². The van der Waals surface area contributed by atoms with Crippen molar-refractivity contribution in [2.75, 3.05) is 0 Å². The molecule has 0 bridgehead atoms. The molecule has 0 fully saturated rings. The van der Waals surface area contributed by atoms with E-state index in [9.17, 15) is 4.79 Å². The number of aromatic nitrogens is 2. The Morgan fingerprint density at radius 3 is 2.79 bits per heavy atom. The zero-order valence-corrected chi connectivity index (χ0v) is 11.0. The molecule has 0 N–H and O–H groups in total. The van der Waals surface area contributed by atoms with Crippen LogP contribution in [0.5, 0.6) is 0 Å². The van der Waals surface area contributed by atoms with Crippen LogP contribution in [0.25, 0.3) is 0 Å². The number of ketones is 1. The normalized spacial score (nSPS) is 14.1. The summed E-state index contributed by atoms with van der Waals surface area (Å²) in [6, 6.07) is 9.51. The Bertz CT molecular complexity index is 572. The van der Waals surface area contributed by atoms with Crippen molar-refractivity contribution in [2.45, 2.75) is 38.6 Å². The minimum absolute atomic E-state index is 0.207. The highest BCUT2D eigenvalue weighted by molar-refractivity contribution is 5.95. The summed E-state index contributed by atoms with van der Waals surface area (Å²) in [6.07, 6.45) is 7.13. The molecular weight excluding hydrogens is 236 g/mol. The van der Waals surface area contributed by atoms with Crippen molar-refractivity contribution in [3.63, 3.8) is 0 Å². The van der Waals surface area contributed by atoms with Gasteiger partial charge < -0.3 is 4.57 Å². The number of hydrogen-bond acceptors (Lipinski definition) is 2. The summed E-state index contributed by atoms with van der Waals surface area (Å²) in [5.41, 5.74) is 3.38. The van der Waals surface area contributed by atoms with E-state index in [4.69, 9.17) is 0 Å². The first-order valence-corrected chi connectivity index (χ1v) is 6.96. The van der Waals surface area contributed by atoms with Gasteiger partial charge in [-0.1, -0.05) is 30.3 Å². The van der Waals surface area contributed by atoms with Gasteiger partial charge in [0.15, 0.2) is 5.78 Å². The van der Waals surface area contributed by atoms with Crippen LogP contribution in [0.15, 0.2) is 36.7 Å². The van der Waals surface area contributed by atoms with Crippen molar-refractivity contribution in [3.8, 4) is 0 Å². The van der Waals surface area contributed by atoms with Crippen LogP contribution in [0, 0.1) is 0 Å². The molecular formula is C16H18N2O. The molecule has 3 rings (SSSR count). The number of carbonyl (C=O) groups is 1. The van der Waals surface area contributed by atoms with E-state index in [0.717, 1.165) is 24.9 Å². The number of fused-ring (bicyclic) bond motifs is 1. The van der Waals surface area contributed by atoms with Crippen LogP contribution in [0.1, 0.15) is 41.0 Å². The molecule has 0 saturated heterocycles. The standard InChI is InChI=1S/C16H18N2O/c19-16(13-6-2-1-3-7-13)10-11-18-12-17-14-8-4-5-9-15(14)18/h1-3,6-7,12H,4-5,8-11H2. The van der Waals surface area contributed by atoms with Gasteiger partial charge in [0.25, 0.3) is 0 Å². The van der Waals surface area contributed by atoms with Crippen molar-refractivity contribution >= 4 is 5.78 Å². The Morgan fingerprint density at radius 2 is 1.95 bits per heavy atom. The van der Waals surface area contributed by atoms with E-state index in [1.165, 1.54) is 24.2 Å². The highest BCUT2D eigenvalue weighted by Crippen LogP contribution is 2.20. The molecule has 0 radical (unpaired) electrons. The van der Waals surface area contributed by atoms with Crippen LogP contribution in [-0.2, 0) is 19.4 Å². The fourth-order valence-corrected chi connectivity index (χ4v) is 2.71.